The van der Waals surface area contributed by atoms with Crippen molar-refractivity contribution >= 4 is 52.1 Å². The maximum absolute atomic E-state index is 11.7. The number of hydrogen-bond donors (Lipinski definition) is 1. The molecule has 2 aromatic carbocycles. The molecule has 0 unspecified atom stereocenters. The van der Waals surface area contributed by atoms with E-state index in [0.29, 0.717) is 5.69 Å². The van der Waals surface area contributed by atoms with Gasteiger partial charge in [-0.05, 0) is 29.8 Å². The highest BCUT2D eigenvalue weighted by Gasteiger charge is 2.30. The Morgan fingerprint density at radius 3 is 2.12 bits per heavy atom. The van der Waals surface area contributed by atoms with E-state index in [1.54, 1.807) is 0 Å². The summed E-state index contributed by atoms with van der Waals surface area (Å²) in [6, 6.07) is 18.1. The molecule has 1 amide bonds. The minimum absolute atomic E-state index is 0.604. The van der Waals surface area contributed by atoms with E-state index in [4.69, 9.17) is 34.8 Å². The third-order valence-corrected chi connectivity index (χ3v) is 4.88. The molecule has 0 saturated carbocycles. The number of carbonyl (C=O) groups excluding carboxylic acids is 1. The molecule has 1 heterocycles. The zero-order valence-electron chi connectivity index (χ0n) is 14.2. The van der Waals surface area contributed by atoms with Crippen LogP contribution in [0.25, 0.3) is 0 Å². The molecule has 0 radical (unpaired) electrons. The van der Waals surface area contributed by atoms with Crippen molar-refractivity contribution in [1.82, 2.24) is 4.90 Å². The molecule has 2 aromatic rings. The average Bonchev–Trinajstić information content (AvgIpc) is 2.63. The van der Waals surface area contributed by atoms with Crippen LogP contribution in [0.3, 0.4) is 0 Å². The van der Waals surface area contributed by atoms with Crippen LogP contribution in [0.5, 0.6) is 0 Å². The Labute approximate surface area is 168 Å². The van der Waals surface area contributed by atoms with Crippen molar-refractivity contribution in [3.8, 4) is 0 Å². The van der Waals surface area contributed by atoms with Crippen LogP contribution in [0.1, 0.15) is 5.56 Å². The molecule has 1 N–H and O–H groups in total. The topological polar surface area (TPSA) is 35.6 Å². The SMILES string of the molecule is O=C(Nc1ccc(N2CCN(Cc3ccccc3)CC2)cc1)C(Cl)(Cl)Cl. The highest BCUT2D eigenvalue weighted by molar-refractivity contribution is 6.76. The van der Waals surface area contributed by atoms with Gasteiger partial charge in [0.1, 0.15) is 0 Å². The first-order valence-electron chi connectivity index (χ1n) is 8.41. The third kappa shape index (κ3) is 5.27. The van der Waals surface area contributed by atoms with Gasteiger partial charge in [0.25, 0.3) is 9.70 Å². The number of alkyl halides is 3. The summed E-state index contributed by atoms with van der Waals surface area (Å²) in [7, 11) is 0. The van der Waals surface area contributed by atoms with Gasteiger partial charge in [0.2, 0.25) is 0 Å². The van der Waals surface area contributed by atoms with E-state index < -0.39 is 9.70 Å². The fourth-order valence-electron chi connectivity index (χ4n) is 2.96. The monoisotopic (exact) mass is 411 g/mol. The van der Waals surface area contributed by atoms with Crippen molar-refractivity contribution in [3.63, 3.8) is 0 Å². The molecule has 4 nitrogen and oxygen atoms in total. The molecular formula is C19H20Cl3N3O. The van der Waals surface area contributed by atoms with Gasteiger partial charge in [-0.1, -0.05) is 65.1 Å². The van der Waals surface area contributed by atoms with Gasteiger partial charge in [-0.3, -0.25) is 9.69 Å². The molecule has 138 valence electrons. The predicted molar refractivity (Wildman–Crippen MR) is 109 cm³/mol. The van der Waals surface area contributed by atoms with E-state index in [0.717, 1.165) is 38.4 Å². The van der Waals surface area contributed by atoms with Gasteiger partial charge in [0.05, 0.1) is 0 Å². The summed E-state index contributed by atoms with van der Waals surface area (Å²) >= 11 is 16.7. The molecule has 26 heavy (non-hydrogen) atoms. The lowest BCUT2D eigenvalue weighted by Crippen LogP contribution is -2.45. The van der Waals surface area contributed by atoms with E-state index in [1.807, 2.05) is 30.3 Å². The second-order valence-corrected chi connectivity index (χ2v) is 8.53. The fourth-order valence-corrected chi connectivity index (χ4v) is 3.11. The molecule has 0 spiro atoms. The molecule has 0 aliphatic carbocycles. The summed E-state index contributed by atoms with van der Waals surface area (Å²) in [4.78, 5) is 16.5. The van der Waals surface area contributed by atoms with Gasteiger partial charge in [-0.2, -0.15) is 0 Å². The average molecular weight is 413 g/mol. The number of halogens is 3. The number of benzene rings is 2. The van der Waals surface area contributed by atoms with Gasteiger partial charge in [0.15, 0.2) is 0 Å². The van der Waals surface area contributed by atoms with Gasteiger partial charge in [-0.15, -0.1) is 0 Å². The summed E-state index contributed by atoms with van der Waals surface area (Å²) < 4.78 is -1.96. The second-order valence-electron chi connectivity index (χ2n) is 6.25. The van der Waals surface area contributed by atoms with Crippen LogP contribution >= 0.6 is 34.8 Å². The lowest BCUT2D eigenvalue weighted by Gasteiger charge is -2.36. The van der Waals surface area contributed by atoms with Gasteiger partial charge < -0.3 is 10.2 Å². The smallest absolute Gasteiger partial charge is 0.276 e. The standard InChI is InChI=1S/C19H20Cl3N3O/c20-19(21,22)18(26)23-16-6-8-17(9-7-16)25-12-10-24(11-13-25)14-15-4-2-1-3-5-15/h1-9H,10-14H2,(H,23,26). The number of hydrogen-bond acceptors (Lipinski definition) is 3. The van der Waals surface area contributed by atoms with Gasteiger partial charge in [0, 0.05) is 44.1 Å². The first-order chi connectivity index (χ1) is 12.4. The van der Waals surface area contributed by atoms with Crippen molar-refractivity contribution < 1.29 is 4.79 Å². The zero-order valence-corrected chi connectivity index (χ0v) is 16.4. The van der Waals surface area contributed by atoms with Crippen LogP contribution in [0.15, 0.2) is 54.6 Å². The van der Waals surface area contributed by atoms with Gasteiger partial charge in [-0.25, -0.2) is 0 Å². The number of rotatable bonds is 4. The molecule has 1 aliphatic rings. The van der Waals surface area contributed by atoms with Crippen molar-refractivity contribution in [2.75, 3.05) is 36.4 Å². The van der Waals surface area contributed by atoms with Crippen LogP contribution in [-0.2, 0) is 11.3 Å². The molecule has 3 rings (SSSR count). The van der Waals surface area contributed by atoms with Crippen molar-refractivity contribution in [2.24, 2.45) is 0 Å². The number of carbonyl (C=O) groups is 1. The third-order valence-electron chi connectivity index (χ3n) is 4.37. The maximum atomic E-state index is 11.7. The Morgan fingerprint density at radius 1 is 0.923 bits per heavy atom. The van der Waals surface area contributed by atoms with E-state index >= 15 is 0 Å². The summed E-state index contributed by atoms with van der Waals surface area (Å²) in [5.74, 6) is -0.662. The molecule has 7 heteroatoms. The Kier molecular flexibility index (Phi) is 6.30. The minimum Gasteiger partial charge on any atom is -0.369 e. The molecule has 1 fully saturated rings. The molecule has 1 aliphatic heterocycles. The first kappa shape index (κ1) is 19.3. The number of nitrogens with one attached hydrogen (secondary N) is 1. The minimum atomic E-state index is -1.96. The number of amides is 1. The highest BCUT2D eigenvalue weighted by atomic mass is 35.6. The highest BCUT2D eigenvalue weighted by Crippen LogP contribution is 2.28. The lowest BCUT2D eigenvalue weighted by atomic mass is 10.2. The molecule has 1 saturated heterocycles. The Morgan fingerprint density at radius 2 is 1.54 bits per heavy atom. The lowest BCUT2D eigenvalue weighted by molar-refractivity contribution is -0.115. The zero-order chi connectivity index (χ0) is 18.6. The Bertz CT molecular complexity index is 724. The van der Waals surface area contributed by atoms with Crippen molar-refractivity contribution in [1.29, 1.82) is 0 Å². The molecule has 0 bridgehead atoms. The normalized spacial score (nSPS) is 15.7. The predicted octanol–water partition coefficient (Wildman–Crippen LogP) is 4.32. The number of nitrogens with zero attached hydrogens (tertiary/aromatic N) is 2. The summed E-state index contributed by atoms with van der Waals surface area (Å²) in [5, 5.41) is 2.58. The van der Waals surface area contributed by atoms with E-state index in [1.165, 1.54) is 5.56 Å². The van der Waals surface area contributed by atoms with Crippen LogP contribution in [0.2, 0.25) is 0 Å². The van der Waals surface area contributed by atoms with E-state index in [9.17, 15) is 4.79 Å². The number of piperazine rings is 1. The largest absolute Gasteiger partial charge is 0.369 e. The van der Waals surface area contributed by atoms with E-state index in [2.05, 4.69) is 39.4 Å². The molecule has 0 aromatic heterocycles. The number of anilines is 2. The summed E-state index contributed by atoms with van der Waals surface area (Å²) in [5.41, 5.74) is 3.07. The fraction of sp³-hybridized carbons (Fsp3) is 0.316. The van der Waals surface area contributed by atoms with Crippen molar-refractivity contribution in [3.05, 3.63) is 60.2 Å². The molecule has 0 atom stereocenters. The van der Waals surface area contributed by atoms with Gasteiger partial charge >= 0.3 is 0 Å². The van der Waals surface area contributed by atoms with E-state index in [-0.39, 0.29) is 0 Å². The molecular weight excluding hydrogens is 393 g/mol. The van der Waals surface area contributed by atoms with Crippen LogP contribution in [0, 0.1) is 0 Å². The second kappa shape index (κ2) is 8.49. The maximum Gasteiger partial charge on any atom is 0.276 e. The quantitative estimate of drug-likeness (QED) is 0.760. The van der Waals surface area contributed by atoms with Crippen LogP contribution in [0.4, 0.5) is 11.4 Å². The van der Waals surface area contributed by atoms with Crippen molar-refractivity contribution in [2.45, 2.75) is 10.3 Å². The Balaban J connectivity index is 1.52. The van der Waals surface area contributed by atoms with Crippen LogP contribution in [-0.4, -0.2) is 40.8 Å². The Hall–Kier alpha value is -1.46. The summed E-state index contributed by atoms with van der Waals surface area (Å²) in [6.07, 6.45) is 0. The van der Waals surface area contributed by atoms with Crippen LogP contribution < -0.4 is 10.2 Å². The first-order valence-corrected chi connectivity index (χ1v) is 9.55. The summed E-state index contributed by atoms with van der Waals surface area (Å²) in [6.45, 7) is 4.94.